The summed E-state index contributed by atoms with van der Waals surface area (Å²) in [6.45, 7) is 0.128. The van der Waals surface area contributed by atoms with Crippen molar-refractivity contribution in [3.63, 3.8) is 0 Å². The van der Waals surface area contributed by atoms with Crippen LogP contribution in [0.3, 0.4) is 0 Å². The third kappa shape index (κ3) is 9.34. The summed E-state index contributed by atoms with van der Waals surface area (Å²) in [5.74, 6) is 2.82. The van der Waals surface area contributed by atoms with E-state index in [2.05, 4.69) is 72.3 Å². The van der Waals surface area contributed by atoms with E-state index in [4.69, 9.17) is 38.9 Å². The van der Waals surface area contributed by atoms with Crippen LogP contribution in [-0.4, -0.2) is 71.4 Å². The number of nitrogens with zero attached hydrogens (tertiary/aromatic N) is 5. The maximum Gasteiger partial charge on any atom is 0.119 e. The van der Waals surface area contributed by atoms with Gasteiger partial charge in [0.15, 0.2) is 0 Å². The van der Waals surface area contributed by atoms with Crippen LogP contribution >= 0.6 is 0 Å². The number of aryl methyl sites for hydroxylation is 3. The van der Waals surface area contributed by atoms with E-state index in [-0.39, 0.29) is 29.7 Å². The molecular formula is C59H54N5NiO6-. The molecule has 12 heteroatoms. The van der Waals surface area contributed by atoms with Crippen molar-refractivity contribution in [3.8, 4) is 90.2 Å². The molecule has 0 radical (unpaired) electrons. The molecule has 4 aromatic carbocycles. The number of unbranched alkanes of at least 4 members (excludes halogenated alkanes) is 1. The Labute approximate surface area is 423 Å². The largest absolute Gasteiger partial charge is 0.657 e. The van der Waals surface area contributed by atoms with E-state index in [0.717, 1.165) is 102 Å². The number of benzene rings is 4. The fourth-order valence-corrected chi connectivity index (χ4v) is 9.73. The molecule has 0 saturated heterocycles. The molecule has 8 bridgehead atoms. The number of aliphatic hydroxyl groups is 2. The van der Waals surface area contributed by atoms with E-state index in [0.29, 0.717) is 65.4 Å². The Bertz CT molecular complexity index is 3490. The van der Waals surface area contributed by atoms with Gasteiger partial charge in [-0.25, -0.2) is 9.97 Å². The molecule has 0 saturated carbocycles. The quantitative estimate of drug-likeness (QED) is 0.0755. The van der Waals surface area contributed by atoms with Crippen molar-refractivity contribution in [2.24, 2.45) is 7.05 Å². The summed E-state index contributed by atoms with van der Waals surface area (Å²) in [6, 6.07) is 42.8. The minimum absolute atomic E-state index is 0. The summed E-state index contributed by atoms with van der Waals surface area (Å²) >= 11 is 0. The maximum atomic E-state index is 10.2. The Morgan fingerprint density at radius 2 is 0.972 bits per heavy atom. The number of pyridine rings is 1. The number of rotatable bonds is 15. The molecule has 11 nitrogen and oxygen atoms in total. The van der Waals surface area contributed by atoms with Gasteiger partial charge in [0, 0.05) is 59.1 Å². The van der Waals surface area contributed by atoms with Crippen LogP contribution < -0.4 is 23.9 Å². The summed E-state index contributed by atoms with van der Waals surface area (Å²) in [4.78, 5) is 22.4. The van der Waals surface area contributed by atoms with Crippen molar-refractivity contribution in [2.45, 2.75) is 32.1 Å². The maximum absolute atomic E-state index is 10.2. The minimum Gasteiger partial charge on any atom is -0.657 e. The van der Waals surface area contributed by atoms with Crippen LogP contribution in [-0.2, 0) is 36.4 Å². The van der Waals surface area contributed by atoms with Crippen LogP contribution in [0.1, 0.15) is 41.9 Å². The number of hydrogen-bond donors (Lipinski definition) is 2. The van der Waals surface area contributed by atoms with E-state index < -0.39 is 0 Å². The van der Waals surface area contributed by atoms with Crippen LogP contribution in [0.2, 0.25) is 0 Å². The summed E-state index contributed by atoms with van der Waals surface area (Å²) < 4.78 is 25.5. The number of aromatic nitrogens is 5. The van der Waals surface area contributed by atoms with Gasteiger partial charge in [-0.05, 0) is 150 Å². The smallest absolute Gasteiger partial charge is 0.119 e. The van der Waals surface area contributed by atoms with Crippen molar-refractivity contribution in [3.05, 3.63) is 150 Å². The Hall–Kier alpha value is -7.50. The third-order valence-corrected chi connectivity index (χ3v) is 13.2. The SMILES string of the molecule is COc1cccc(-c2c3nc(c(-c4cccc(OC)c4)c4ccc(c(-c5cccc(OC)c5)c5nc(c(-c6cccc(OC)c6)c6ccc2[n-]6)-c2nc(CCCCO)c(CCCO)cc2-5)n4C)C=C3)c1.[Ni]. The molecule has 0 unspecified atom stereocenters. The van der Waals surface area contributed by atoms with Gasteiger partial charge in [-0.2, -0.15) is 0 Å². The molecule has 2 N–H and O–H groups in total. The van der Waals surface area contributed by atoms with Crippen molar-refractivity contribution in [1.82, 2.24) is 24.5 Å². The van der Waals surface area contributed by atoms with Crippen molar-refractivity contribution in [1.29, 1.82) is 0 Å². The van der Waals surface area contributed by atoms with Gasteiger partial charge >= 0.3 is 0 Å². The van der Waals surface area contributed by atoms with Crippen LogP contribution in [0.15, 0.2) is 127 Å². The molecular weight excluding hydrogens is 933 g/mol. The van der Waals surface area contributed by atoms with Crippen molar-refractivity contribution < 1.29 is 45.7 Å². The Morgan fingerprint density at radius 3 is 1.52 bits per heavy atom. The summed E-state index contributed by atoms with van der Waals surface area (Å²) in [6.07, 6.45) is 7.36. The number of hydrogen-bond acceptors (Lipinski definition) is 9. The number of ether oxygens (including phenoxy) is 4. The van der Waals surface area contributed by atoms with E-state index in [1.807, 2.05) is 78.9 Å². The Kier molecular flexibility index (Phi) is 14.5. The first kappa shape index (κ1) is 48.5. The second-order valence-electron chi connectivity index (χ2n) is 17.3. The van der Waals surface area contributed by atoms with Gasteiger partial charge in [-0.3, -0.25) is 4.98 Å². The second kappa shape index (κ2) is 21.2. The molecule has 10 rings (SSSR count). The normalized spacial score (nSPS) is 11.5. The van der Waals surface area contributed by atoms with Crippen molar-refractivity contribution in [2.75, 3.05) is 41.7 Å². The zero-order chi connectivity index (χ0) is 48.3. The first-order valence-electron chi connectivity index (χ1n) is 23.6. The number of aliphatic hydroxyl groups excluding tert-OH is 2. The summed E-state index contributed by atoms with van der Waals surface area (Å²) in [7, 11) is 8.78. The molecule has 0 amide bonds. The van der Waals surface area contributed by atoms with E-state index in [1.165, 1.54) is 0 Å². The van der Waals surface area contributed by atoms with Crippen LogP contribution in [0.5, 0.6) is 23.0 Å². The van der Waals surface area contributed by atoms with Crippen molar-refractivity contribution >= 4 is 34.2 Å². The molecule has 2 aliphatic heterocycles. The average Bonchev–Trinajstić information content (AvgIpc) is 4.22. The zero-order valence-corrected chi connectivity index (χ0v) is 41.3. The molecule has 362 valence electrons. The Morgan fingerprint density at radius 1 is 0.479 bits per heavy atom. The molecule has 71 heavy (non-hydrogen) atoms. The van der Waals surface area contributed by atoms with Gasteiger partial charge in [0.25, 0.3) is 0 Å². The first-order valence-corrected chi connectivity index (χ1v) is 23.6. The molecule has 4 aromatic heterocycles. The van der Waals surface area contributed by atoms with Crippen LogP contribution in [0.25, 0.3) is 101 Å². The topological polar surface area (TPSA) is 135 Å². The fourth-order valence-electron chi connectivity index (χ4n) is 9.73. The van der Waals surface area contributed by atoms with E-state index in [9.17, 15) is 10.2 Å². The standard InChI is InChI=1S/C59H54N5O6.Ni/c1-64-51-27-28-52(64)56(40-16-11-21-44(34-40)70-5)57-45-35-36(17-12-30-66)46(22-6-7-29-65)62-58(45)59(63-57)55(39-15-10-20-43(33-39)69-4)50-26-24-48(61-50)53(37-13-8-18-41(31-37)67-2)47-23-25-49(60-47)54(51)38-14-9-19-42(32-38)68-3;/h8-11,13-16,18-21,23-28,31-35,65-66H,6-7,12,17,22,29-30H2,1-5H3;/q-1;. The van der Waals surface area contributed by atoms with Gasteiger partial charge in [0.1, 0.15) is 23.0 Å². The number of fused-ring (bicyclic) bond motifs is 11. The van der Waals surface area contributed by atoms with Crippen LogP contribution in [0, 0.1) is 0 Å². The van der Waals surface area contributed by atoms with E-state index in [1.54, 1.807) is 28.4 Å². The summed E-state index contributed by atoms with van der Waals surface area (Å²) in [5, 5.41) is 20.0. The first-order chi connectivity index (χ1) is 34.3. The molecule has 2 aliphatic rings. The molecule has 0 spiro atoms. The number of methoxy groups -OCH3 is 4. The molecule has 6 heterocycles. The Balaban J connectivity index is 0.00000624. The predicted octanol–water partition coefficient (Wildman–Crippen LogP) is 11.8. The zero-order valence-electron chi connectivity index (χ0n) is 40.3. The van der Waals surface area contributed by atoms with Gasteiger partial charge in [-0.15, -0.1) is 11.0 Å². The predicted molar refractivity (Wildman–Crippen MR) is 279 cm³/mol. The molecule has 0 aliphatic carbocycles. The van der Waals surface area contributed by atoms with E-state index >= 15 is 0 Å². The second-order valence-corrected chi connectivity index (χ2v) is 17.3. The fraction of sp³-hybridized carbons (Fsp3) is 0.203. The van der Waals surface area contributed by atoms with Gasteiger partial charge in [0.2, 0.25) is 0 Å². The van der Waals surface area contributed by atoms with Gasteiger partial charge in [-0.1, -0.05) is 60.7 Å². The molecule has 0 fully saturated rings. The van der Waals surface area contributed by atoms with Gasteiger partial charge < -0.3 is 38.7 Å². The minimum atomic E-state index is 0. The van der Waals surface area contributed by atoms with Gasteiger partial charge in [0.05, 0.1) is 67.9 Å². The summed E-state index contributed by atoms with van der Waals surface area (Å²) in [5.41, 5.74) is 16.6. The molecule has 8 aromatic rings. The molecule has 0 atom stereocenters. The van der Waals surface area contributed by atoms with Crippen LogP contribution in [0.4, 0.5) is 0 Å². The third-order valence-electron chi connectivity index (χ3n) is 13.2. The monoisotopic (exact) mass is 986 g/mol. The average molecular weight is 988 g/mol.